The highest BCUT2D eigenvalue weighted by Crippen LogP contribution is 2.19. The van der Waals surface area contributed by atoms with E-state index in [2.05, 4.69) is 29.8 Å². The molecule has 0 bridgehead atoms. The lowest BCUT2D eigenvalue weighted by Gasteiger charge is -2.24. The number of likely N-dealkylation sites (N-methyl/N-ethyl adjacent to an activating group) is 1. The zero-order valence-electron chi connectivity index (χ0n) is 9.77. The average Bonchev–Trinajstić information content (AvgIpc) is 2.92. The fourth-order valence-electron chi connectivity index (χ4n) is 1.56. The van der Waals surface area contributed by atoms with E-state index in [9.17, 15) is 4.79 Å². The van der Waals surface area contributed by atoms with Crippen LogP contribution in [0.2, 0.25) is 0 Å². The summed E-state index contributed by atoms with van der Waals surface area (Å²) in [5.74, 6) is 0. The SMILES string of the molecule is CC(Cc1cccs1)N(C)C(=O)NC1CC1. The van der Waals surface area contributed by atoms with E-state index in [1.807, 2.05) is 7.05 Å². The number of hydrogen-bond acceptors (Lipinski definition) is 2. The maximum atomic E-state index is 11.8. The van der Waals surface area contributed by atoms with Gasteiger partial charge in [0.1, 0.15) is 0 Å². The van der Waals surface area contributed by atoms with Crippen LogP contribution in [0.1, 0.15) is 24.6 Å². The lowest BCUT2D eigenvalue weighted by Crippen LogP contribution is -2.43. The number of nitrogens with one attached hydrogen (secondary N) is 1. The molecule has 3 nitrogen and oxygen atoms in total. The maximum absolute atomic E-state index is 11.8. The zero-order valence-corrected chi connectivity index (χ0v) is 10.6. The van der Waals surface area contributed by atoms with E-state index in [0.29, 0.717) is 6.04 Å². The molecule has 1 fully saturated rings. The first-order chi connectivity index (χ1) is 7.66. The molecule has 2 rings (SSSR count). The Kier molecular flexibility index (Phi) is 3.49. The second-order valence-electron chi connectivity index (χ2n) is 4.47. The van der Waals surface area contributed by atoms with Gasteiger partial charge in [0, 0.05) is 30.4 Å². The van der Waals surface area contributed by atoms with Gasteiger partial charge in [-0.05, 0) is 31.2 Å². The van der Waals surface area contributed by atoms with Gasteiger partial charge in [-0.15, -0.1) is 11.3 Å². The van der Waals surface area contributed by atoms with Crippen molar-refractivity contribution in [3.8, 4) is 0 Å². The monoisotopic (exact) mass is 238 g/mol. The van der Waals surface area contributed by atoms with E-state index in [-0.39, 0.29) is 12.1 Å². The highest BCUT2D eigenvalue weighted by molar-refractivity contribution is 7.09. The second kappa shape index (κ2) is 4.87. The minimum atomic E-state index is 0.0616. The summed E-state index contributed by atoms with van der Waals surface area (Å²) in [7, 11) is 1.87. The van der Waals surface area contributed by atoms with Crippen LogP contribution >= 0.6 is 11.3 Å². The van der Waals surface area contributed by atoms with Crippen molar-refractivity contribution < 1.29 is 4.79 Å². The van der Waals surface area contributed by atoms with Crippen LogP contribution < -0.4 is 5.32 Å². The quantitative estimate of drug-likeness (QED) is 0.858. The molecule has 0 spiro atoms. The van der Waals surface area contributed by atoms with Crippen molar-refractivity contribution in [1.29, 1.82) is 0 Å². The summed E-state index contributed by atoms with van der Waals surface area (Å²) in [4.78, 5) is 14.9. The molecule has 0 aromatic carbocycles. The Bertz CT molecular complexity index is 346. The van der Waals surface area contributed by atoms with Gasteiger partial charge in [-0.2, -0.15) is 0 Å². The molecule has 0 saturated heterocycles. The van der Waals surface area contributed by atoms with Gasteiger partial charge in [-0.1, -0.05) is 6.07 Å². The predicted octanol–water partition coefficient (Wildman–Crippen LogP) is 2.48. The fraction of sp³-hybridized carbons (Fsp3) is 0.583. The third-order valence-electron chi connectivity index (χ3n) is 2.96. The maximum Gasteiger partial charge on any atom is 0.317 e. The third kappa shape index (κ3) is 2.98. The Morgan fingerprint density at radius 1 is 1.69 bits per heavy atom. The molecule has 1 saturated carbocycles. The molecule has 1 aliphatic rings. The highest BCUT2D eigenvalue weighted by Gasteiger charge is 2.26. The fourth-order valence-corrected chi connectivity index (χ4v) is 2.39. The minimum absolute atomic E-state index is 0.0616. The first-order valence-corrected chi connectivity index (χ1v) is 6.60. The molecule has 0 radical (unpaired) electrons. The Morgan fingerprint density at radius 2 is 2.44 bits per heavy atom. The van der Waals surface area contributed by atoms with E-state index >= 15 is 0 Å². The van der Waals surface area contributed by atoms with Crippen LogP contribution in [-0.2, 0) is 6.42 Å². The third-order valence-corrected chi connectivity index (χ3v) is 3.86. The molecule has 2 amide bonds. The smallest absolute Gasteiger partial charge is 0.317 e. The summed E-state index contributed by atoms with van der Waals surface area (Å²) < 4.78 is 0. The standard InChI is InChI=1S/C12H18N2OS/c1-9(8-11-4-3-7-16-11)14(2)12(15)13-10-5-6-10/h3-4,7,9-10H,5-6,8H2,1-2H3,(H,13,15). The van der Waals surface area contributed by atoms with Crippen molar-refractivity contribution in [2.45, 2.75) is 38.3 Å². The minimum Gasteiger partial charge on any atom is -0.335 e. The molecule has 16 heavy (non-hydrogen) atoms. The molecule has 1 aromatic heterocycles. The summed E-state index contributed by atoms with van der Waals surface area (Å²) in [6, 6.07) is 4.91. The molecule has 0 aliphatic heterocycles. The van der Waals surface area contributed by atoms with Gasteiger partial charge in [0.2, 0.25) is 0 Å². The Hall–Kier alpha value is -1.03. The van der Waals surface area contributed by atoms with Gasteiger partial charge in [0.05, 0.1) is 0 Å². The van der Waals surface area contributed by atoms with Crippen LogP contribution in [-0.4, -0.2) is 30.1 Å². The average molecular weight is 238 g/mol. The van der Waals surface area contributed by atoms with Gasteiger partial charge in [-0.25, -0.2) is 4.79 Å². The van der Waals surface area contributed by atoms with E-state index in [4.69, 9.17) is 0 Å². The van der Waals surface area contributed by atoms with Crippen molar-refractivity contribution in [1.82, 2.24) is 10.2 Å². The molecule has 1 atom stereocenters. The number of carbonyl (C=O) groups excluding carboxylic acids is 1. The topological polar surface area (TPSA) is 32.3 Å². The van der Waals surface area contributed by atoms with Crippen LogP contribution in [0.5, 0.6) is 0 Å². The van der Waals surface area contributed by atoms with Crippen LogP contribution in [0.3, 0.4) is 0 Å². The number of hydrogen-bond donors (Lipinski definition) is 1. The Balaban J connectivity index is 1.82. The molecule has 1 heterocycles. The van der Waals surface area contributed by atoms with Crippen molar-refractivity contribution in [3.63, 3.8) is 0 Å². The summed E-state index contributed by atoms with van der Waals surface area (Å²) in [5.41, 5.74) is 0. The molecule has 1 aromatic rings. The lowest BCUT2D eigenvalue weighted by atomic mass is 10.2. The largest absolute Gasteiger partial charge is 0.335 e. The zero-order chi connectivity index (χ0) is 11.5. The predicted molar refractivity (Wildman–Crippen MR) is 66.8 cm³/mol. The van der Waals surface area contributed by atoms with E-state index < -0.39 is 0 Å². The Labute approximate surface area is 100 Å². The summed E-state index contributed by atoms with van der Waals surface area (Å²) in [6.45, 7) is 2.09. The summed E-state index contributed by atoms with van der Waals surface area (Å²) in [6.07, 6.45) is 3.21. The van der Waals surface area contributed by atoms with E-state index in [1.54, 1.807) is 16.2 Å². The number of carbonyl (C=O) groups is 1. The first-order valence-electron chi connectivity index (χ1n) is 5.72. The van der Waals surface area contributed by atoms with Crippen LogP contribution in [0, 0.1) is 0 Å². The van der Waals surface area contributed by atoms with Crippen LogP contribution in [0.4, 0.5) is 4.79 Å². The molecule has 88 valence electrons. The van der Waals surface area contributed by atoms with E-state index in [1.165, 1.54) is 4.88 Å². The highest BCUT2D eigenvalue weighted by atomic mass is 32.1. The number of amides is 2. The van der Waals surface area contributed by atoms with Crippen LogP contribution in [0.15, 0.2) is 17.5 Å². The van der Waals surface area contributed by atoms with Crippen molar-refractivity contribution in [2.75, 3.05) is 7.05 Å². The van der Waals surface area contributed by atoms with Crippen molar-refractivity contribution in [2.24, 2.45) is 0 Å². The number of nitrogens with zero attached hydrogens (tertiary/aromatic N) is 1. The van der Waals surface area contributed by atoms with Crippen molar-refractivity contribution in [3.05, 3.63) is 22.4 Å². The van der Waals surface area contributed by atoms with E-state index in [0.717, 1.165) is 19.3 Å². The molecule has 1 aliphatic carbocycles. The normalized spacial score (nSPS) is 16.9. The molecule has 4 heteroatoms. The summed E-state index contributed by atoms with van der Waals surface area (Å²) in [5, 5.41) is 5.08. The Morgan fingerprint density at radius 3 is 3.00 bits per heavy atom. The molecular formula is C12H18N2OS. The van der Waals surface area contributed by atoms with Crippen LogP contribution in [0.25, 0.3) is 0 Å². The van der Waals surface area contributed by atoms with Crippen molar-refractivity contribution >= 4 is 17.4 Å². The number of rotatable bonds is 4. The first kappa shape index (κ1) is 11.5. The summed E-state index contributed by atoms with van der Waals surface area (Å²) >= 11 is 1.75. The van der Waals surface area contributed by atoms with Gasteiger partial charge >= 0.3 is 6.03 Å². The molecule has 1 N–H and O–H groups in total. The van der Waals surface area contributed by atoms with Gasteiger partial charge in [0.25, 0.3) is 0 Å². The lowest BCUT2D eigenvalue weighted by molar-refractivity contribution is 0.193. The number of thiophene rings is 1. The second-order valence-corrected chi connectivity index (χ2v) is 5.50. The van der Waals surface area contributed by atoms with Gasteiger partial charge in [-0.3, -0.25) is 0 Å². The number of urea groups is 1. The molecular weight excluding hydrogens is 220 g/mol. The van der Waals surface area contributed by atoms with Gasteiger partial charge < -0.3 is 10.2 Å². The molecule has 1 unspecified atom stereocenters. The van der Waals surface area contributed by atoms with Gasteiger partial charge in [0.15, 0.2) is 0 Å².